The number of rotatable bonds is 1. The first-order valence-corrected chi connectivity index (χ1v) is 6.06. The molecule has 2 nitrogen and oxygen atoms in total. The van der Waals surface area contributed by atoms with Gasteiger partial charge in [-0.1, -0.05) is 12.1 Å². The zero-order chi connectivity index (χ0) is 13.4. The summed E-state index contributed by atoms with van der Waals surface area (Å²) in [7, 11) is 0. The number of hydrogen-bond donors (Lipinski definition) is 1. The van der Waals surface area contributed by atoms with Gasteiger partial charge in [-0.15, -0.1) is 0 Å². The van der Waals surface area contributed by atoms with Crippen LogP contribution >= 0.6 is 0 Å². The van der Waals surface area contributed by atoms with Crippen LogP contribution in [0.5, 0.6) is 0 Å². The van der Waals surface area contributed by atoms with Crippen LogP contribution in [0.25, 0.3) is 22.0 Å². The predicted octanol–water partition coefficient (Wildman–Crippen LogP) is 3.93. The van der Waals surface area contributed by atoms with Crippen molar-refractivity contribution in [3.05, 3.63) is 60.0 Å². The quantitative estimate of drug-likeness (QED) is 0.666. The summed E-state index contributed by atoms with van der Waals surface area (Å²) in [4.78, 5) is 4.43. The Kier molecular flexibility index (Phi) is 2.67. The van der Waals surface area contributed by atoms with Crippen molar-refractivity contribution < 1.29 is 4.39 Å². The van der Waals surface area contributed by atoms with Crippen LogP contribution < -0.4 is 5.73 Å². The highest BCUT2D eigenvalue weighted by Crippen LogP contribution is 2.27. The second-order valence-corrected chi connectivity index (χ2v) is 4.60. The number of aryl methyl sites for hydroxylation is 1. The molecular weight excluding hydrogens is 239 g/mol. The van der Waals surface area contributed by atoms with E-state index in [9.17, 15) is 4.39 Å². The third-order valence-corrected chi connectivity index (χ3v) is 3.13. The third kappa shape index (κ3) is 2.15. The lowest BCUT2D eigenvalue weighted by atomic mass is 10.0. The van der Waals surface area contributed by atoms with E-state index in [4.69, 9.17) is 5.73 Å². The number of nitrogen functional groups attached to an aromatic ring is 1. The molecule has 1 heterocycles. The minimum absolute atomic E-state index is 0.306. The first-order chi connectivity index (χ1) is 9.13. The molecule has 0 aliphatic heterocycles. The fourth-order valence-corrected chi connectivity index (χ4v) is 2.16. The highest BCUT2D eigenvalue weighted by Gasteiger charge is 2.06. The molecule has 3 aromatic rings. The molecule has 0 bridgehead atoms. The molecule has 0 spiro atoms. The largest absolute Gasteiger partial charge is 0.399 e. The zero-order valence-electron chi connectivity index (χ0n) is 10.5. The molecule has 19 heavy (non-hydrogen) atoms. The predicted molar refractivity (Wildman–Crippen MR) is 76.3 cm³/mol. The lowest BCUT2D eigenvalue weighted by molar-refractivity contribution is 0.632. The molecule has 1 aromatic heterocycles. The molecular formula is C16H13FN2. The fourth-order valence-electron chi connectivity index (χ4n) is 2.16. The van der Waals surface area contributed by atoms with Gasteiger partial charge in [-0.25, -0.2) is 4.39 Å². The van der Waals surface area contributed by atoms with E-state index in [2.05, 4.69) is 4.98 Å². The zero-order valence-corrected chi connectivity index (χ0v) is 10.5. The lowest BCUT2D eigenvalue weighted by Crippen LogP contribution is -1.90. The summed E-state index contributed by atoms with van der Waals surface area (Å²) >= 11 is 0. The van der Waals surface area contributed by atoms with Crippen LogP contribution in [-0.4, -0.2) is 4.98 Å². The Hall–Kier alpha value is -2.42. The van der Waals surface area contributed by atoms with Gasteiger partial charge in [0.05, 0.1) is 5.52 Å². The third-order valence-electron chi connectivity index (χ3n) is 3.13. The van der Waals surface area contributed by atoms with Gasteiger partial charge in [0.2, 0.25) is 0 Å². The summed E-state index contributed by atoms with van der Waals surface area (Å²) < 4.78 is 13.9. The minimum atomic E-state index is -0.306. The maximum Gasteiger partial charge on any atom is 0.133 e. The number of nitrogens with zero attached hydrogens (tertiary/aromatic N) is 1. The van der Waals surface area contributed by atoms with Crippen LogP contribution in [-0.2, 0) is 0 Å². The van der Waals surface area contributed by atoms with Gasteiger partial charge in [0.25, 0.3) is 0 Å². The van der Waals surface area contributed by atoms with E-state index in [1.54, 1.807) is 12.1 Å². The molecule has 0 aliphatic carbocycles. The van der Waals surface area contributed by atoms with Crippen molar-refractivity contribution in [3.8, 4) is 11.1 Å². The van der Waals surface area contributed by atoms with Crippen molar-refractivity contribution >= 4 is 16.6 Å². The van der Waals surface area contributed by atoms with E-state index in [0.29, 0.717) is 11.3 Å². The average molecular weight is 252 g/mol. The van der Waals surface area contributed by atoms with Crippen molar-refractivity contribution in [3.63, 3.8) is 0 Å². The molecule has 0 saturated carbocycles. The molecule has 0 radical (unpaired) electrons. The number of fused-ring (bicyclic) bond motifs is 1. The van der Waals surface area contributed by atoms with E-state index in [1.165, 1.54) is 6.07 Å². The molecule has 0 amide bonds. The van der Waals surface area contributed by atoms with E-state index < -0.39 is 0 Å². The van der Waals surface area contributed by atoms with Crippen LogP contribution in [0.4, 0.5) is 10.1 Å². The van der Waals surface area contributed by atoms with Crippen LogP contribution in [0, 0.1) is 12.7 Å². The van der Waals surface area contributed by atoms with Crippen molar-refractivity contribution in [1.82, 2.24) is 4.98 Å². The van der Waals surface area contributed by atoms with Crippen LogP contribution in [0.3, 0.4) is 0 Å². The summed E-state index contributed by atoms with van der Waals surface area (Å²) in [5.74, 6) is -0.306. The van der Waals surface area contributed by atoms with Gasteiger partial charge in [0.15, 0.2) is 0 Å². The Balaban J connectivity index is 2.17. The van der Waals surface area contributed by atoms with Crippen LogP contribution in [0.1, 0.15) is 5.69 Å². The smallest absolute Gasteiger partial charge is 0.133 e. The number of anilines is 1. The fraction of sp³-hybridized carbons (Fsp3) is 0.0625. The number of nitrogens with two attached hydrogens (primary N) is 1. The SMILES string of the molecule is Cc1ccc2cc(-c3ccc(N)cc3F)ccc2n1. The molecule has 94 valence electrons. The Morgan fingerprint density at radius 3 is 2.63 bits per heavy atom. The standard InChI is InChI=1S/C16H13FN2/c1-10-2-3-12-8-11(4-7-16(12)19-10)14-6-5-13(18)9-15(14)17/h2-9H,18H2,1H3. The monoisotopic (exact) mass is 252 g/mol. The summed E-state index contributed by atoms with van der Waals surface area (Å²) in [5, 5.41) is 0.999. The maximum absolute atomic E-state index is 13.9. The second kappa shape index (κ2) is 4.35. The molecule has 0 saturated heterocycles. The van der Waals surface area contributed by atoms with Crippen molar-refractivity contribution in [1.29, 1.82) is 0 Å². The average Bonchev–Trinajstić information content (AvgIpc) is 2.38. The van der Waals surface area contributed by atoms with Crippen LogP contribution in [0.2, 0.25) is 0 Å². The van der Waals surface area contributed by atoms with Gasteiger partial charge in [-0.05, 0) is 48.9 Å². The van der Waals surface area contributed by atoms with Crippen molar-refractivity contribution in [2.45, 2.75) is 6.92 Å². The molecule has 3 heteroatoms. The van der Waals surface area contributed by atoms with Gasteiger partial charge >= 0.3 is 0 Å². The Morgan fingerprint density at radius 2 is 1.84 bits per heavy atom. The first-order valence-electron chi connectivity index (χ1n) is 6.06. The van der Waals surface area contributed by atoms with Gasteiger partial charge in [-0.3, -0.25) is 4.98 Å². The molecule has 2 N–H and O–H groups in total. The van der Waals surface area contributed by atoms with Crippen molar-refractivity contribution in [2.24, 2.45) is 0 Å². The number of aromatic nitrogens is 1. The van der Waals surface area contributed by atoms with Gasteiger partial charge < -0.3 is 5.73 Å². The van der Waals surface area contributed by atoms with E-state index in [0.717, 1.165) is 22.2 Å². The van der Waals surface area contributed by atoms with E-state index in [1.807, 2.05) is 37.3 Å². The minimum Gasteiger partial charge on any atom is -0.399 e. The summed E-state index contributed by atoms with van der Waals surface area (Å²) in [6.07, 6.45) is 0. The maximum atomic E-state index is 13.9. The summed E-state index contributed by atoms with van der Waals surface area (Å²) in [5.41, 5.74) is 9.26. The summed E-state index contributed by atoms with van der Waals surface area (Å²) in [6.45, 7) is 1.95. The van der Waals surface area contributed by atoms with Gasteiger partial charge in [0, 0.05) is 22.3 Å². The molecule has 0 unspecified atom stereocenters. The number of halogens is 1. The van der Waals surface area contributed by atoms with E-state index >= 15 is 0 Å². The number of benzene rings is 2. The molecule has 2 aromatic carbocycles. The first kappa shape index (κ1) is 11.7. The van der Waals surface area contributed by atoms with Gasteiger partial charge in [0.1, 0.15) is 5.82 Å². The molecule has 0 fully saturated rings. The van der Waals surface area contributed by atoms with Crippen molar-refractivity contribution in [2.75, 3.05) is 5.73 Å². The molecule has 0 aliphatic rings. The number of hydrogen-bond acceptors (Lipinski definition) is 2. The highest BCUT2D eigenvalue weighted by atomic mass is 19.1. The Bertz CT molecular complexity index is 766. The Labute approximate surface area is 110 Å². The van der Waals surface area contributed by atoms with Crippen LogP contribution in [0.15, 0.2) is 48.5 Å². The molecule has 3 rings (SSSR count). The summed E-state index contributed by atoms with van der Waals surface area (Å²) in [6, 6.07) is 14.4. The molecule has 0 atom stereocenters. The van der Waals surface area contributed by atoms with Gasteiger partial charge in [-0.2, -0.15) is 0 Å². The van der Waals surface area contributed by atoms with E-state index in [-0.39, 0.29) is 5.82 Å². The normalized spacial score (nSPS) is 10.8. The lowest BCUT2D eigenvalue weighted by Gasteiger charge is -2.06. The Morgan fingerprint density at radius 1 is 1.00 bits per heavy atom. The highest BCUT2D eigenvalue weighted by molar-refractivity contribution is 5.84. The second-order valence-electron chi connectivity index (χ2n) is 4.60. The number of pyridine rings is 1. The topological polar surface area (TPSA) is 38.9 Å².